The van der Waals surface area contributed by atoms with E-state index in [0.29, 0.717) is 18.7 Å². The largest absolute Gasteiger partial charge is 0.493 e. The highest BCUT2D eigenvalue weighted by atomic mass is 79.9. The van der Waals surface area contributed by atoms with Gasteiger partial charge < -0.3 is 10.1 Å². The van der Waals surface area contributed by atoms with Crippen LogP contribution in [0, 0.1) is 5.82 Å². The van der Waals surface area contributed by atoms with Crippen molar-refractivity contribution in [2.24, 2.45) is 0 Å². The summed E-state index contributed by atoms with van der Waals surface area (Å²) < 4.78 is 20.7. The van der Waals surface area contributed by atoms with Crippen LogP contribution in [0.3, 0.4) is 0 Å². The fourth-order valence-corrected chi connectivity index (χ4v) is 3.43. The minimum atomic E-state index is -0.421. The Bertz CT molecular complexity index is 1100. The molecule has 0 fully saturated rings. The molecule has 2 aromatic carbocycles. The van der Waals surface area contributed by atoms with Crippen molar-refractivity contribution < 1.29 is 13.9 Å². The van der Waals surface area contributed by atoms with Crippen molar-refractivity contribution in [2.45, 2.75) is 12.5 Å². The monoisotopic (exact) mass is 443 g/mol. The summed E-state index contributed by atoms with van der Waals surface area (Å²) in [6, 6.07) is 13.4. The third-order valence-electron chi connectivity index (χ3n) is 4.42. The lowest BCUT2D eigenvalue weighted by atomic mass is 10.0. The maximum atomic E-state index is 13.1. The van der Waals surface area contributed by atoms with Crippen LogP contribution in [0.1, 0.15) is 28.5 Å². The number of hydrogen-bond acceptors (Lipinski definition) is 4. The normalized spacial score (nSPS) is 15.4. The van der Waals surface area contributed by atoms with E-state index in [2.05, 4.69) is 26.3 Å². The fourth-order valence-electron chi connectivity index (χ4n) is 3.05. The van der Waals surface area contributed by atoms with Crippen molar-refractivity contribution in [3.8, 4) is 11.4 Å². The highest BCUT2D eigenvalue weighted by Crippen LogP contribution is 2.34. The minimum absolute atomic E-state index is 0.0898. The average Bonchev–Trinajstić information content (AvgIpc) is 2.69. The highest BCUT2D eigenvalue weighted by Gasteiger charge is 2.24. The maximum Gasteiger partial charge on any atom is 0.272 e. The first-order valence-electron chi connectivity index (χ1n) is 8.61. The second-order valence-corrected chi connectivity index (χ2v) is 7.21. The molecule has 1 aromatic heterocycles. The first-order valence-corrected chi connectivity index (χ1v) is 9.40. The predicted octanol–water partition coefficient (Wildman–Crippen LogP) is 3.39. The van der Waals surface area contributed by atoms with Crippen molar-refractivity contribution in [3.05, 3.63) is 86.5 Å². The Hall–Kier alpha value is -3.00. The van der Waals surface area contributed by atoms with Gasteiger partial charge in [-0.3, -0.25) is 9.59 Å². The number of amides is 1. The molecule has 6 nitrogen and oxygen atoms in total. The molecule has 0 bridgehead atoms. The van der Waals surface area contributed by atoms with E-state index < -0.39 is 17.3 Å². The topological polar surface area (TPSA) is 73.2 Å². The zero-order valence-corrected chi connectivity index (χ0v) is 16.1. The quantitative estimate of drug-likeness (QED) is 0.673. The van der Waals surface area contributed by atoms with Gasteiger partial charge in [0.15, 0.2) is 0 Å². The van der Waals surface area contributed by atoms with Crippen LogP contribution in [0.15, 0.2) is 63.9 Å². The zero-order chi connectivity index (χ0) is 19.7. The van der Waals surface area contributed by atoms with Crippen LogP contribution < -0.4 is 15.6 Å². The summed E-state index contributed by atoms with van der Waals surface area (Å²) in [4.78, 5) is 24.9. The van der Waals surface area contributed by atoms with E-state index in [1.807, 2.05) is 18.2 Å². The summed E-state index contributed by atoms with van der Waals surface area (Å²) in [5.41, 5.74) is 0.928. The molecule has 0 aliphatic carbocycles. The average molecular weight is 444 g/mol. The number of fused-ring (bicyclic) bond motifs is 1. The zero-order valence-electron chi connectivity index (χ0n) is 14.6. The molecule has 1 N–H and O–H groups in total. The van der Waals surface area contributed by atoms with Gasteiger partial charge in [0.05, 0.1) is 18.3 Å². The number of ether oxygens (including phenoxy) is 1. The van der Waals surface area contributed by atoms with E-state index in [1.54, 1.807) is 0 Å². The van der Waals surface area contributed by atoms with E-state index in [-0.39, 0.29) is 11.7 Å². The number of nitrogens with one attached hydrogen (secondary N) is 1. The van der Waals surface area contributed by atoms with Crippen molar-refractivity contribution in [1.29, 1.82) is 0 Å². The van der Waals surface area contributed by atoms with Gasteiger partial charge in [0, 0.05) is 22.5 Å². The summed E-state index contributed by atoms with van der Waals surface area (Å²) >= 11 is 3.43. The van der Waals surface area contributed by atoms with Gasteiger partial charge in [0.1, 0.15) is 17.3 Å². The van der Waals surface area contributed by atoms with Crippen molar-refractivity contribution in [3.63, 3.8) is 0 Å². The molecule has 4 rings (SSSR count). The smallest absolute Gasteiger partial charge is 0.272 e. The molecule has 1 atom stereocenters. The first-order chi connectivity index (χ1) is 13.5. The van der Waals surface area contributed by atoms with Crippen LogP contribution in [0.25, 0.3) is 5.69 Å². The van der Waals surface area contributed by atoms with Crippen LogP contribution in [-0.2, 0) is 0 Å². The van der Waals surface area contributed by atoms with Gasteiger partial charge in [-0.2, -0.15) is 9.78 Å². The van der Waals surface area contributed by atoms with Gasteiger partial charge in [-0.25, -0.2) is 4.39 Å². The summed E-state index contributed by atoms with van der Waals surface area (Å²) in [6.45, 7) is 0.488. The van der Waals surface area contributed by atoms with Crippen molar-refractivity contribution in [1.82, 2.24) is 15.1 Å². The molecule has 8 heteroatoms. The SMILES string of the molecule is O=C(NC1CCOc2ccc(Br)cc21)c1ccc(=O)n(-c2ccc(F)cc2)n1. The van der Waals surface area contributed by atoms with Gasteiger partial charge in [-0.05, 0) is 48.5 Å². The minimum Gasteiger partial charge on any atom is -0.493 e. The van der Waals surface area contributed by atoms with E-state index in [9.17, 15) is 14.0 Å². The Kier molecular flexibility index (Phi) is 4.95. The lowest BCUT2D eigenvalue weighted by Gasteiger charge is -2.26. The number of carbonyl (C=O) groups excluding carboxylic acids is 1. The summed E-state index contributed by atoms with van der Waals surface area (Å²) in [6.07, 6.45) is 0.618. The molecular formula is C20H15BrFN3O3. The molecule has 1 unspecified atom stereocenters. The van der Waals surface area contributed by atoms with Gasteiger partial charge in [-0.1, -0.05) is 15.9 Å². The molecule has 28 heavy (non-hydrogen) atoms. The Morgan fingerprint density at radius 2 is 1.96 bits per heavy atom. The van der Waals surface area contributed by atoms with Gasteiger partial charge in [0.25, 0.3) is 11.5 Å². The summed E-state index contributed by atoms with van der Waals surface area (Å²) in [7, 11) is 0. The molecule has 0 radical (unpaired) electrons. The molecule has 0 spiro atoms. The Morgan fingerprint density at radius 1 is 1.18 bits per heavy atom. The number of aromatic nitrogens is 2. The number of benzene rings is 2. The number of nitrogens with zero attached hydrogens (tertiary/aromatic N) is 2. The van der Waals surface area contributed by atoms with Gasteiger partial charge in [0.2, 0.25) is 0 Å². The van der Waals surface area contributed by atoms with E-state index in [1.165, 1.54) is 36.4 Å². The van der Waals surface area contributed by atoms with E-state index >= 15 is 0 Å². The molecule has 1 amide bonds. The molecule has 1 aliphatic heterocycles. The standard InChI is InChI=1S/C20H15BrFN3O3/c21-12-1-7-18-15(11-12)16(9-10-28-18)23-20(27)17-6-8-19(26)25(24-17)14-4-2-13(22)3-5-14/h1-8,11,16H,9-10H2,(H,23,27). The lowest BCUT2D eigenvalue weighted by Crippen LogP contribution is -2.34. The van der Waals surface area contributed by atoms with Crippen molar-refractivity contribution >= 4 is 21.8 Å². The number of hydrogen-bond donors (Lipinski definition) is 1. The molecule has 1 aliphatic rings. The molecule has 142 valence electrons. The fraction of sp³-hybridized carbons (Fsp3) is 0.150. The molecule has 3 aromatic rings. The third-order valence-corrected chi connectivity index (χ3v) is 4.91. The lowest BCUT2D eigenvalue weighted by molar-refractivity contribution is 0.0918. The third kappa shape index (κ3) is 3.68. The van der Waals surface area contributed by atoms with Crippen LogP contribution >= 0.6 is 15.9 Å². The second kappa shape index (κ2) is 7.55. The molecule has 0 saturated heterocycles. The maximum absolute atomic E-state index is 13.1. The Balaban J connectivity index is 1.62. The second-order valence-electron chi connectivity index (χ2n) is 6.29. The Labute approximate surface area is 168 Å². The molecular weight excluding hydrogens is 429 g/mol. The Morgan fingerprint density at radius 3 is 2.75 bits per heavy atom. The number of halogens is 2. The van der Waals surface area contributed by atoms with Crippen LogP contribution in [0.4, 0.5) is 4.39 Å². The number of rotatable bonds is 3. The van der Waals surface area contributed by atoms with Crippen LogP contribution in [-0.4, -0.2) is 22.3 Å². The summed E-state index contributed by atoms with van der Waals surface area (Å²) in [5.74, 6) is -0.104. The van der Waals surface area contributed by atoms with Crippen LogP contribution in [0.2, 0.25) is 0 Å². The molecule has 2 heterocycles. The van der Waals surface area contributed by atoms with Gasteiger partial charge in [-0.15, -0.1) is 0 Å². The predicted molar refractivity (Wildman–Crippen MR) is 104 cm³/mol. The van der Waals surface area contributed by atoms with E-state index in [0.717, 1.165) is 20.5 Å². The van der Waals surface area contributed by atoms with Crippen molar-refractivity contribution in [2.75, 3.05) is 6.61 Å². The molecule has 0 saturated carbocycles. The highest BCUT2D eigenvalue weighted by molar-refractivity contribution is 9.10. The van der Waals surface area contributed by atoms with Gasteiger partial charge >= 0.3 is 0 Å². The number of carbonyl (C=O) groups is 1. The summed E-state index contributed by atoms with van der Waals surface area (Å²) in [5, 5.41) is 7.09. The first kappa shape index (κ1) is 18.4. The van der Waals surface area contributed by atoms with E-state index in [4.69, 9.17) is 4.74 Å². The van der Waals surface area contributed by atoms with Crippen LogP contribution in [0.5, 0.6) is 5.75 Å².